The van der Waals surface area contributed by atoms with Gasteiger partial charge < -0.3 is 0 Å². The van der Waals surface area contributed by atoms with E-state index in [9.17, 15) is 25.6 Å². The quantitative estimate of drug-likeness (QED) is 0.578. The van der Waals surface area contributed by atoms with Gasteiger partial charge in [-0.15, -0.1) is 0 Å². The van der Waals surface area contributed by atoms with Crippen molar-refractivity contribution in [3.63, 3.8) is 0 Å². The number of nitrogens with one attached hydrogen (secondary N) is 2. The second-order valence-corrected chi connectivity index (χ2v) is 9.66. The molecule has 6 nitrogen and oxygen atoms in total. The second-order valence-electron chi connectivity index (χ2n) is 5.85. The van der Waals surface area contributed by atoms with E-state index >= 15 is 0 Å². The van der Waals surface area contributed by atoms with Crippen molar-refractivity contribution < 1.29 is 25.6 Å². The minimum Gasteiger partial charge on any atom is -0.280 e. The highest BCUT2D eigenvalue weighted by molar-refractivity contribution is 7.93. The Morgan fingerprint density at radius 1 is 0.655 bits per heavy atom. The number of anilines is 2. The minimum atomic E-state index is -4.35. The van der Waals surface area contributed by atoms with Crippen LogP contribution in [0.4, 0.5) is 20.2 Å². The van der Waals surface area contributed by atoms with E-state index in [0.717, 1.165) is 6.07 Å². The second kappa shape index (κ2) is 7.97. The first-order chi connectivity index (χ1) is 13.5. The van der Waals surface area contributed by atoms with Crippen molar-refractivity contribution in [2.75, 3.05) is 9.44 Å². The van der Waals surface area contributed by atoms with Crippen molar-refractivity contribution in [1.82, 2.24) is 0 Å². The molecule has 0 spiro atoms. The fraction of sp³-hybridized carbons (Fsp3) is 0. The number of hydrogen-bond acceptors (Lipinski definition) is 4. The molecule has 3 rings (SSSR count). The van der Waals surface area contributed by atoms with Gasteiger partial charge in [0.2, 0.25) is 0 Å². The number of halogens is 3. The first-order valence-corrected chi connectivity index (χ1v) is 11.3. The van der Waals surface area contributed by atoms with Gasteiger partial charge in [-0.1, -0.05) is 23.7 Å². The molecule has 29 heavy (non-hydrogen) atoms. The number of benzene rings is 3. The number of hydrogen-bond donors (Lipinski definition) is 2. The van der Waals surface area contributed by atoms with Gasteiger partial charge in [0.1, 0.15) is 11.6 Å². The highest BCUT2D eigenvalue weighted by atomic mass is 35.5. The topological polar surface area (TPSA) is 92.3 Å². The minimum absolute atomic E-state index is 0.108. The summed E-state index contributed by atoms with van der Waals surface area (Å²) in [6.07, 6.45) is 0. The van der Waals surface area contributed by atoms with Gasteiger partial charge in [-0.25, -0.2) is 25.6 Å². The standard InChI is InChI=1S/C18H13ClF2N2O4S2/c19-12-3-1-4-15(7-12)22-28(24,25)17-6-2-5-16(11-17)23-29(26,27)18-9-13(20)8-14(21)10-18/h1-11,22-23H. The molecular formula is C18H13ClF2N2O4S2. The first-order valence-electron chi connectivity index (χ1n) is 7.92. The number of sulfonamides is 2. The molecule has 0 bridgehead atoms. The Morgan fingerprint density at radius 2 is 1.17 bits per heavy atom. The molecule has 0 radical (unpaired) electrons. The summed E-state index contributed by atoms with van der Waals surface area (Å²) in [4.78, 5) is -0.872. The van der Waals surface area contributed by atoms with Crippen LogP contribution in [-0.4, -0.2) is 16.8 Å². The van der Waals surface area contributed by atoms with Gasteiger partial charge in [0, 0.05) is 11.1 Å². The molecule has 0 saturated carbocycles. The van der Waals surface area contributed by atoms with Crippen LogP contribution in [0.5, 0.6) is 0 Å². The SMILES string of the molecule is O=S(=O)(Nc1cccc(S(=O)(=O)Nc2cccc(Cl)c2)c1)c1cc(F)cc(F)c1. The van der Waals surface area contributed by atoms with Gasteiger partial charge in [0.15, 0.2) is 0 Å². The lowest BCUT2D eigenvalue weighted by Gasteiger charge is -2.12. The zero-order valence-electron chi connectivity index (χ0n) is 14.4. The molecule has 0 aliphatic carbocycles. The average Bonchev–Trinajstić information content (AvgIpc) is 2.60. The van der Waals surface area contributed by atoms with Crippen molar-refractivity contribution in [1.29, 1.82) is 0 Å². The van der Waals surface area contributed by atoms with Crippen LogP contribution < -0.4 is 9.44 Å². The van der Waals surface area contributed by atoms with Crippen molar-refractivity contribution in [3.8, 4) is 0 Å². The van der Waals surface area contributed by atoms with E-state index in [2.05, 4.69) is 9.44 Å². The van der Waals surface area contributed by atoms with E-state index in [4.69, 9.17) is 11.6 Å². The summed E-state index contributed by atoms with van der Waals surface area (Å²) in [6, 6.07) is 12.8. The zero-order valence-corrected chi connectivity index (χ0v) is 16.8. The Labute approximate surface area is 171 Å². The molecule has 0 amide bonds. The van der Waals surface area contributed by atoms with E-state index in [1.807, 2.05) is 0 Å². The highest BCUT2D eigenvalue weighted by Crippen LogP contribution is 2.23. The molecule has 0 aliphatic rings. The van der Waals surface area contributed by atoms with Gasteiger partial charge in [0.05, 0.1) is 21.2 Å². The summed E-state index contributed by atoms with van der Waals surface area (Å²) in [5, 5.41) is 0.328. The Bertz CT molecular complexity index is 1260. The van der Waals surface area contributed by atoms with Gasteiger partial charge >= 0.3 is 0 Å². The summed E-state index contributed by atoms with van der Waals surface area (Å²) in [7, 11) is -8.40. The molecule has 0 aromatic heterocycles. The lowest BCUT2D eigenvalue weighted by atomic mass is 10.3. The Balaban J connectivity index is 1.89. The third-order valence-electron chi connectivity index (χ3n) is 3.62. The van der Waals surface area contributed by atoms with Crippen LogP contribution in [0.3, 0.4) is 0 Å². The Hall–Kier alpha value is -2.69. The Kier molecular flexibility index (Phi) is 5.78. The predicted octanol–water partition coefficient (Wildman–Crippen LogP) is 4.22. The van der Waals surface area contributed by atoms with Crippen molar-refractivity contribution in [3.05, 3.63) is 83.4 Å². The Morgan fingerprint density at radius 3 is 1.76 bits per heavy atom. The van der Waals surface area contributed by atoms with Crippen LogP contribution in [0.15, 0.2) is 76.5 Å². The fourth-order valence-electron chi connectivity index (χ4n) is 2.39. The molecule has 2 N–H and O–H groups in total. The molecule has 152 valence electrons. The normalized spacial score (nSPS) is 11.8. The zero-order chi connectivity index (χ0) is 21.2. The van der Waals surface area contributed by atoms with Crippen LogP contribution in [0.1, 0.15) is 0 Å². The molecule has 3 aromatic carbocycles. The van der Waals surface area contributed by atoms with E-state index in [0.29, 0.717) is 23.2 Å². The van der Waals surface area contributed by atoms with Crippen molar-refractivity contribution >= 4 is 43.0 Å². The molecule has 0 saturated heterocycles. The molecule has 0 unspecified atom stereocenters. The highest BCUT2D eigenvalue weighted by Gasteiger charge is 2.19. The molecule has 0 atom stereocenters. The predicted molar refractivity (Wildman–Crippen MR) is 106 cm³/mol. The summed E-state index contributed by atoms with van der Waals surface area (Å²) in [5.74, 6) is -2.13. The van der Waals surface area contributed by atoms with Gasteiger partial charge in [-0.2, -0.15) is 0 Å². The van der Waals surface area contributed by atoms with E-state index in [1.165, 1.54) is 30.3 Å². The van der Waals surface area contributed by atoms with Crippen LogP contribution in [-0.2, 0) is 20.0 Å². The smallest absolute Gasteiger partial charge is 0.262 e. The molecule has 0 aliphatic heterocycles. The molecule has 11 heteroatoms. The molecular weight excluding hydrogens is 446 g/mol. The molecule has 3 aromatic rings. The lowest BCUT2D eigenvalue weighted by Crippen LogP contribution is -2.16. The third kappa shape index (κ3) is 5.22. The van der Waals surface area contributed by atoms with Crippen LogP contribution >= 0.6 is 11.6 Å². The van der Waals surface area contributed by atoms with Crippen LogP contribution in [0.2, 0.25) is 5.02 Å². The molecule has 0 heterocycles. The van der Waals surface area contributed by atoms with E-state index in [-0.39, 0.29) is 16.3 Å². The van der Waals surface area contributed by atoms with Crippen molar-refractivity contribution in [2.45, 2.75) is 9.79 Å². The van der Waals surface area contributed by atoms with E-state index in [1.54, 1.807) is 12.1 Å². The van der Waals surface area contributed by atoms with Gasteiger partial charge in [-0.3, -0.25) is 9.44 Å². The molecule has 0 fully saturated rings. The first kappa shape index (κ1) is 21.0. The van der Waals surface area contributed by atoms with Gasteiger partial charge in [0.25, 0.3) is 20.0 Å². The lowest BCUT2D eigenvalue weighted by molar-refractivity contribution is 0.568. The third-order valence-corrected chi connectivity index (χ3v) is 6.59. The summed E-state index contributed by atoms with van der Waals surface area (Å²) >= 11 is 5.83. The summed E-state index contributed by atoms with van der Waals surface area (Å²) in [5.41, 5.74) is 0.113. The maximum absolute atomic E-state index is 13.3. The maximum atomic E-state index is 13.3. The summed E-state index contributed by atoms with van der Waals surface area (Å²) < 4.78 is 80.9. The van der Waals surface area contributed by atoms with Gasteiger partial charge in [-0.05, 0) is 48.5 Å². The van der Waals surface area contributed by atoms with Crippen LogP contribution in [0.25, 0.3) is 0 Å². The summed E-state index contributed by atoms with van der Waals surface area (Å²) in [6.45, 7) is 0. The maximum Gasteiger partial charge on any atom is 0.262 e. The largest absolute Gasteiger partial charge is 0.280 e. The average molecular weight is 459 g/mol. The van der Waals surface area contributed by atoms with Crippen LogP contribution in [0, 0.1) is 11.6 Å². The van der Waals surface area contributed by atoms with E-state index < -0.39 is 36.6 Å². The monoisotopic (exact) mass is 458 g/mol. The fourth-order valence-corrected chi connectivity index (χ4v) is 4.77. The van der Waals surface area contributed by atoms with Crippen molar-refractivity contribution in [2.24, 2.45) is 0 Å². The number of rotatable bonds is 6.